The standard InChI is InChI=1S/C15H17NO3/c1-18-12-7-8-13(14(9-12)19-2)15(16)10-3-5-11(17)6-4-10/h3-9,15,17H,16H2,1-2H3. The molecule has 19 heavy (non-hydrogen) atoms. The highest BCUT2D eigenvalue weighted by atomic mass is 16.5. The van der Waals surface area contributed by atoms with Crippen molar-refractivity contribution in [2.24, 2.45) is 5.73 Å². The molecule has 3 N–H and O–H groups in total. The summed E-state index contributed by atoms with van der Waals surface area (Å²) in [6.45, 7) is 0. The third-order valence-corrected chi connectivity index (χ3v) is 3.03. The van der Waals surface area contributed by atoms with Gasteiger partial charge in [-0.05, 0) is 29.8 Å². The van der Waals surface area contributed by atoms with Gasteiger partial charge < -0.3 is 20.3 Å². The Hall–Kier alpha value is -2.20. The fourth-order valence-corrected chi connectivity index (χ4v) is 1.94. The second-order valence-corrected chi connectivity index (χ2v) is 4.18. The molecule has 2 aromatic carbocycles. The first kappa shape index (κ1) is 13.2. The molecule has 2 rings (SSSR count). The van der Waals surface area contributed by atoms with E-state index in [9.17, 15) is 5.11 Å². The van der Waals surface area contributed by atoms with Crippen LogP contribution in [0.1, 0.15) is 17.2 Å². The number of hydrogen-bond donors (Lipinski definition) is 2. The smallest absolute Gasteiger partial charge is 0.127 e. The van der Waals surface area contributed by atoms with Crippen LogP contribution in [0.5, 0.6) is 17.2 Å². The van der Waals surface area contributed by atoms with E-state index in [0.29, 0.717) is 5.75 Å². The lowest BCUT2D eigenvalue weighted by Crippen LogP contribution is -2.13. The summed E-state index contributed by atoms with van der Waals surface area (Å²) in [5.41, 5.74) is 8.01. The molecule has 0 aliphatic rings. The lowest BCUT2D eigenvalue weighted by molar-refractivity contribution is 0.390. The van der Waals surface area contributed by atoms with Crippen LogP contribution < -0.4 is 15.2 Å². The maximum Gasteiger partial charge on any atom is 0.127 e. The van der Waals surface area contributed by atoms with Crippen LogP contribution >= 0.6 is 0 Å². The van der Waals surface area contributed by atoms with E-state index >= 15 is 0 Å². The van der Waals surface area contributed by atoms with E-state index in [1.807, 2.05) is 12.1 Å². The Balaban J connectivity index is 2.37. The lowest BCUT2D eigenvalue weighted by Gasteiger charge is -2.17. The summed E-state index contributed by atoms with van der Waals surface area (Å²) >= 11 is 0. The first-order chi connectivity index (χ1) is 9.15. The van der Waals surface area contributed by atoms with Crippen molar-refractivity contribution in [3.8, 4) is 17.2 Å². The summed E-state index contributed by atoms with van der Waals surface area (Å²) in [6, 6.07) is 12.0. The Bertz CT molecular complexity index is 552. The minimum absolute atomic E-state index is 0.220. The van der Waals surface area contributed by atoms with Crippen molar-refractivity contribution in [2.75, 3.05) is 14.2 Å². The number of phenolic OH excluding ortho intramolecular Hbond substituents is 1. The van der Waals surface area contributed by atoms with E-state index < -0.39 is 0 Å². The summed E-state index contributed by atoms with van der Waals surface area (Å²) in [5.74, 6) is 1.62. The summed E-state index contributed by atoms with van der Waals surface area (Å²) in [4.78, 5) is 0. The monoisotopic (exact) mass is 259 g/mol. The Morgan fingerprint density at radius 1 is 1.00 bits per heavy atom. The number of rotatable bonds is 4. The van der Waals surface area contributed by atoms with Crippen molar-refractivity contribution < 1.29 is 14.6 Å². The quantitative estimate of drug-likeness (QED) is 0.885. The number of nitrogens with two attached hydrogens (primary N) is 1. The van der Waals surface area contributed by atoms with Gasteiger partial charge in [0.2, 0.25) is 0 Å². The molecule has 1 unspecified atom stereocenters. The molecule has 0 fully saturated rings. The van der Waals surface area contributed by atoms with Crippen molar-refractivity contribution in [3.05, 3.63) is 53.6 Å². The van der Waals surface area contributed by atoms with Crippen LogP contribution in [0.4, 0.5) is 0 Å². The Kier molecular flexibility index (Phi) is 3.92. The van der Waals surface area contributed by atoms with Crippen molar-refractivity contribution in [1.82, 2.24) is 0 Å². The third-order valence-electron chi connectivity index (χ3n) is 3.03. The van der Waals surface area contributed by atoms with Crippen molar-refractivity contribution in [2.45, 2.75) is 6.04 Å². The molecule has 0 aliphatic carbocycles. The van der Waals surface area contributed by atoms with Gasteiger partial charge in [-0.3, -0.25) is 0 Å². The summed E-state index contributed by atoms with van der Waals surface area (Å²) in [6.07, 6.45) is 0. The third kappa shape index (κ3) is 2.80. The maximum atomic E-state index is 9.30. The van der Waals surface area contributed by atoms with Gasteiger partial charge in [-0.2, -0.15) is 0 Å². The highest BCUT2D eigenvalue weighted by Crippen LogP contribution is 2.32. The lowest BCUT2D eigenvalue weighted by atomic mass is 9.98. The van der Waals surface area contributed by atoms with Gasteiger partial charge in [0.25, 0.3) is 0 Å². The normalized spacial score (nSPS) is 11.9. The van der Waals surface area contributed by atoms with Gasteiger partial charge in [-0.15, -0.1) is 0 Å². The zero-order valence-corrected chi connectivity index (χ0v) is 11.0. The summed E-state index contributed by atoms with van der Waals surface area (Å²) in [5, 5.41) is 9.30. The molecule has 0 amide bonds. The van der Waals surface area contributed by atoms with Crippen LogP contribution in [0.25, 0.3) is 0 Å². The summed E-state index contributed by atoms with van der Waals surface area (Å²) < 4.78 is 10.5. The predicted octanol–water partition coefficient (Wildman–Crippen LogP) is 2.46. The molecule has 0 spiro atoms. The average Bonchev–Trinajstić information content (AvgIpc) is 2.46. The molecule has 4 nitrogen and oxygen atoms in total. The summed E-state index contributed by atoms with van der Waals surface area (Å²) in [7, 11) is 3.20. The fourth-order valence-electron chi connectivity index (χ4n) is 1.94. The van der Waals surface area contributed by atoms with Gasteiger partial charge in [0.05, 0.1) is 20.3 Å². The van der Waals surface area contributed by atoms with Crippen LogP contribution in [-0.4, -0.2) is 19.3 Å². The molecule has 4 heteroatoms. The van der Waals surface area contributed by atoms with Gasteiger partial charge in [0, 0.05) is 11.6 Å². The van der Waals surface area contributed by atoms with E-state index in [1.165, 1.54) is 0 Å². The zero-order chi connectivity index (χ0) is 13.8. The highest BCUT2D eigenvalue weighted by molar-refractivity contribution is 5.46. The van der Waals surface area contributed by atoms with Gasteiger partial charge in [-0.25, -0.2) is 0 Å². The first-order valence-electron chi connectivity index (χ1n) is 5.92. The minimum Gasteiger partial charge on any atom is -0.508 e. The first-order valence-corrected chi connectivity index (χ1v) is 5.92. The van der Waals surface area contributed by atoms with Gasteiger partial charge >= 0.3 is 0 Å². The van der Waals surface area contributed by atoms with Gasteiger partial charge in [0.15, 0.2) is 0 Å². The fraction of sp³-hybridized carbons (Fsp3) is 0.200. The second-order valence-electron chi connectivity index (χ2n) is 4.18. The largest absolute Gasteiger partial charge is 0.508 e. The van der Waals surface area contributed by atoms with Crippen molar-refractivity contribution >= 4 is 0 Å². The molecular weight excluding hydrogens is 242 g/mol. The molecule has 100 valence electrons. The molecule has 0 aliphatic heterocycles. The molecular formula is C15H17NO3. The maximum absolute atomic E-state index is 9.30. The number of hydrogen-bond acceptors (Lipinski definition) is 4. The Morgan fingerprint density at radius 3 is 2.26 bits per heavy atom. The molecule has 0 aromatic heterocycles. The molecule has 0 saturated carbocycles. The van der Waals surface area contributed by atoms with Gasteiger partial charge in [0.1, 0.15) is 17.2 Å². The van der Waals surface area contributed by atoms with Gasteiger partial charge in [-0.1, -0.05) is 12.1 Å². The number of phenols is 1. The number of aromatic hydroxyl groups is 1. The number of benzene rings is 2. The van der Waals surface area contributed by atoms with Crippen LogP contribution in [-0.2, 0) is 0 Å². The molecule has 0 heterocycles. The van der Waals surface area contributed by atoms with Crippen molar-refractivity contribution in [3.63, 3.8) is 0 Å². The highest BCUT2D eigenvalue weighted by Gasteiger charge is 2.14. The Labute approximate surface area is 112 Å². The van der Waals surface area contributed by atoms with E-state index in [-0.39, 0.29) is 11.8 Å². The number of methoxy groups -OCH3 is 2. The topological polar surface area (TPSA) is 64.7 Å². The van der Waals surface area contributed by atoms with Crippen LogP contribution in [0, 0.1) is 0 Å². The average molecular weight is 259 g/mol. The van der Waals surface area contributed by atoms with Crippen LogP contribution in [0.15, 0.2) is 42.5 Å². The van der Waals surface area contributed by atoms with E-state index in [2.05, 4.69) is 0 Å². The molecule has 1 atom stereocenters. The molecule has 0 bridgehead atoms. The van der Waals surface area contributed by atoms with Crippen molar-refractivity contribution in [1.29, 1.82) is 0 Å². The molecule has 0 saturated heterocycles. The predicted molar refractivity (Wildman–Crippen MR) is 73.7 cm³/mol. The Morgan fingerprint density at radius 2 is 1.68 bits per heavy atom. The SMILES string of the molecule is COc1ccc(C(N)c2ccc(O)cc2)c(OC)c1. The second kappa shape index (κ2) is 5.63. The van der Waals surface area contributed by atoms with E-state index in [1.54, 1.807) is 44.6 Å². The van der Waals surface area contributed by atoms with E-state index in [0.717, 1.165) is 16.9 Å². The molecule has 0 radical (unpaired) electrons. The minimum atomic E-state index is -0.318. The van der Waals surface area contributed by atoms with Crippen LogP contribution in [0.3, 0.4) is 0 Å². The number of ether oxygens (including phenoxy) is 2. The van der Waals surface area contributed by atoms with Crippen LogP contribution in [0.2, 0.25) is 0 Å². The molecule has 2 aromatic rings. The van der Waals surface area contributed by atoms with E-state index in [4.69, 9.17) is 15.2 Å². The zero-order valence-electron chi connectivity index (χ0n) is 11.0.